The van der Waals surface area contributed by atoms with E-state index in [4.69, 9.17) is 22.7 Å². The zero-order valence-corrected chi connectivity index (χ0v) is 13.2. The van der Waals surface area contributed by atoms with Crippen LogP contribution in [-0.2, 0) is 11.3 Å². The van der Waals surface area contributed by atoms with Crippen LogP contribution < -0.4 is 5.73 Å². The summed E-state index contributed by atoms with van der Waals surface area (Å²) in [6.07, 6.45) is 0. The molecule has 20 heavy (non-hydrogen) atoms. The molecule has 0 aromatic heterocycles. The van der Waals surface area contributed by atoms with E-state index >= 15 is 0 Å². The molecular weight excluding hydrogens is 275 g/mol. The van der Waals surface area contributed by atoms with Gasteiger partial charge in [-0.3, -0.25) is 4.90 Å². The van der Waals surface area contributed by atoms with Gasteiger partial charge in [-0.15, -0.1) is 0 Å². The van der Waals surface area contributed by atoms with Gasteiger partial charge in [0, 0.05) is 37.9 Å². The first-order valence-corrected chi connectivity index (χ1v) is 7.14. The Kier molecular flexibility index (Phi) is 7.05. The van der Waals surface area contributed by atoms with Crippen molar-refractivity contribution in [1.29, 1.82) is 0 Å². The Hall–Kier alpha value is -1.04. The number of hydrogen-bond donors (Lipinski definition) is 1. The van der Waals surface area contributed by atoms with Crippen LogP contribution in [0.4, 0.5) is 4.39 Å². The first-order chi connectivity index (χ1) is 9.43. The van der Waals surface area contributed by atoms with E-state index in [1.807, 2.05) is 0 Å². The molecule has 0 fully saturated rings. The number of thiocarbonyl (C=S) groups is 1. The minimum absolute atomic E-state index is 0.226. The Morgan fingerprint density at radius 1 is 1.45 bits per heavy atom. The van der Waals surface area contributed by atoms with Crippen molar-refractivity contribution in [3.63, 3.8) is 0 Å². The number of hydrogen-bond acceptors (Lipinski definition) is 3. The monoisotopic (exact) mass is 298 g/mol. The van der Waals surface area contributed by atoms with Gasteiger partial charge in [-0.2, -0.15) is 0 Å². The standard InChI is InChI=1S/C15H23FN2OS/c1-11(2)9-18(6-7-19-3)10-13-8-12(15(17)20)4-5-14(13)16/h4-5,8,11H,6-7,9-10H2,1-3H3,(H2,17,20). The van der Waals surface area contributed by atoms with E-state index in [0.29, 0.717) is 35.2 Å². The maximum Gasteiger partial charge on any atom is 0.127 e. The van der Waals surface area contributed by atoms with Crippen LogP contribution in [0, 0.1) is 11.7 Å². The highest BCUT2D eigenvalue weighted by Gasteiger charge is 2.12. The van der Waals surface area contributed by atoms with Gasteiger partial charge in [0.2, 0.25) is 0 Å². The number of halogens is 1. The molecule has 0 atom stereocenters. The van der Waals surface area contributed by atoms with E-state index in [1.54, 1.807) is 19.2 Å². The van der Waals surface area contributed by atoms with Crippen molar-refractivity contribution < 1.29 is 9.13 Å². The van der Waals surface area contributed by atoms with Gasteiger partial charge in [0.25, 0.3) is 0 Å². The van der Waals surface area contributed by atoms with Gasteiger partial charge >= 0.3 is 0 Å². The van der Waals surface area contributed by atoms with Crippen LogP contribution in [0.1, 0.15) is 25.0 Å². The van der Waals surface area contributed by atoms with Crippen LogP contribution in [0.25, 0.3) is 0 Å². The topological polar surface area (TPSA) is 38.5 Å². The van der Waals surface area contributed by atoms with E-state index in [1.165, 1.54) is 6.07 Å². The van der Waals surface area contributed by atoms with Crippen molar-refractivity contribution in [2.45, 2.75) is 20.4 Å². The molecule has 0 aliphatic heterocycles. The normalized spacial score (nSPS) is 11.3. The molecule has 0 unspecified atom stereocenters. The van der Waals surface area contributed by atoms with Crippen LogP contribution in [-0.4, -0.2) is 36.7 Å². The van der Waals surface area contributed by atoms with Crippen LogP contribution in [0.3, 0.4) is 0 Å². The summed E-state index contributed by atoms with van der Waals surface area (Å²) < 4.78 is 19.0. The summed E-state index contributed by atoms with van der Waals surface area (Å²) >= 11 is 4.94. The first kappa shape index (κ1) is 17.0. The van der Waals surface area contributed by atoms with E-state index in [2.05, 4.69) is 18.7 Å². The molecule has 0 bridgehead atoms. The fraction of sp³-hybridized carbons (Fsp3) is 0.533. The molecule has 5 heteroatoms. The van der Waals surface area contributed by atoms with Crippen LogP contribution in [0.5, 0.6) is 0 Å². The lowest BCUT2D eigenvalue weighted by Crippen LogP contribution is -2.31. The number of methoxy groups -OCH3 is 1. The maximum atomic E-state index is 13.9. The number of nitrogens with two attached hydrogens (primary N) is 1. The van der Waals surface area contributed by atoms with E-state index in [9.17, 15) is 4.39 Å². The summed E-state index contributed by atoms with van der Waals surface area (Å²) in [6.45, 7) is 7.10. The highest BCUT2D eigenvalue weighted by Crippen LogP contribution is 2.14. The van der Waals surface area contributed by atoms with Crippen molar-refractivity contribution >= 4 is 17.2 Å². The minimum Gasteiger partial charge on any atom is -0.389 e. The van der Waals surface area contributed by atoms with Gasteiger partial charge in [0.15, 0.2) is 0 Å². The summed E-state index contributed by atoms with van der Waals surface area (Å²) in [7, 11) is 1.67. The predicted octanol–water partition coefficient (Wildman–Crippen LogP) is 2.56. The van der Waals surface area contributed by atoms with Gasteiger partial charge in [0.1, 0.15) is 10.8 Å². The van der Waals surface area contributed by atoms with E-state index < -0.39 is 0 Å². The zero-order valence-electron chi connectivity index (χ0n) is 12.4. The Bertz CT molecular complexity index is 451. The smallest absolute Gasteiger partial charge is 0.127 e. The second-order valence-electron chi connectivity index (χ2n) is 5.29. The molecule has 0 aliphatic rings. The number of nitrogens with zero attached hydrogens (tertiary/aromatic N) is 1. The lowest BCUT2D eigenvalue weighted by molar-refractivity contribution is 0.135. The Labute approximate surface area is 125 Å². The molecule has 3 nitrogen and oxygen atoms in total. The maximum absolute atomic E-state index is 13.9. The quantitative estimate of drug-likeness (QED) is 0.749. The molecule has 1 aromatic carbocycles. The summed E-state index contributed by atoms with van der Waals surface area (Å²) in [5, 5.41) is 0. The van der Waals surface area contributed by atoms with Crippen molar-refractivity contribution in [3.8, 4) is 0 Å². The summed E-state index contributed by atoms with van der Waals surface area (Å²) in [5.41, 5.74) is 6.92. The third-order valence-electron chi connectivity index (χ3n) is 2.96. The second kappa shape index (κ2) is 8.29. The van der Waals surface area contributed by atoms with E-state index in [0.717, 1.165) is 13.1 Å². The third-order valence-corrected chi connectivity index (χ3v) is 3.19. The Morgan fingerprint density at radius 2 is 2.15 bits per heavy atom. The second-order valence-corrected chi connectivity index (χ2v) is 5.73. The van der Waals surface area contributed by atoms with Crippen molar-refractivity contribution in [2.24, 2.45) is 11.7 Å². The highest BCUT2D eigenvalue weighted by molar-refractivity contribution is 7.80. The fourth-order valence-electron chi connectivity index (χ4n) is 2.06. The Balaban J connectivity index is 2.85. The average Bonchev–Trinajstić information content (AvgIpc) is 2.37. The molecule has 112 valence electrons. The average molecular weight is 298 g/mol. The molecule has 1 rings (SSSR count). The van der Waals surface area contributed by atoms with Gasteiger partial charge in [-0.05, 0) is 24.1 Å². The predicted molar refractivity (Wildman–Crippen MR) is 84.3 cm³/mol. The third kappa shape index (κ3) is 5.53. The van der Waals surface area contributed by atoms with Crippen molar-refractivity contribution in [1.82, 2.24) is 4.90 Å². The van der Waals surface area contributed by atoms with Gasteiger partial charge in [0.05, 0.1) is 6.61 Å². The van der Waals surface area contributed by atoms with Crippen molar-refractivity contribution in [3.05, 3.63) is 35.1 Å². The zero-order chi connectivity index (χ0) is 15.1. The number of ether oxygens (including phenoxy) is 1. The molecule has 0 amide bonds. The molecule has 0 aliphatic carbocycles. The Morgan fingerprint density at radius 3 is 2.70 bits per heavy atom. The van der Waals surface area contributed by atoms with Gasteiger partial charge in [-0.25, -0.2) is 4.39 Å². The van der Waals surface area contributed by atoms with Gasteiger partial charge < -0.3 is 10.5 Å². The first-order valence-electron chi connectivity index (χ1n) is 6.73. The van der Waals surface area contributed by atoms with Gasteiger partial charge in [-0.1, -0.05) is 26.1 Å². The molecule has 2 N–H and O–H groups in total. The largest absolute Gasteiger partial charge is 0.389 e. The van der Waals surface area contributed by atoms with Crippen molar-refractivity contribution in [2.75, 3.05) is 26.8 Å². The lowest BCUT2D eigenvalue weighted by atomic mass is 10.1. The highest BCUT2D eigenvalue weighted by atomic mass is 32.1. The molecule has 0 heterocycles. The van der Waals surface area contributed by atoms with E-state index in [-0.39, 0.29) is 5.82 Å². The van der Waals surface area contributed by atoms with Crippen LogP contribution >= 0.6 is 12.2 Å². The molecule has 0 radical (unpaired) electrons. The molecule has 1 aromatic rings. The lowest BCUT2D eigenvalue weighted by Gasteiger charge is -2.24. The SMILES string of the molecule is COCCN(Cc1cc(C(N)=S)ccc1F)CC(C)C. The fourth-order valence-corrected chi connectivity index (χ4v) is 2.19. The number of benzene rings is 1. The molecule has 0 saturated carbocycles. The summed E-state index contributed by atoms with van der Waals surface area (Å²) in [6, 6.07) is 4.77. The summed E-state index contributed by atoms with van der Waals surface area (Å²) in [4.78, 5) is 2.47. The summed E-state index contributed by atoms with van der Waals surface area (Å²) in [5.74, 6) is 0.282. The molecule has 0 spiro atoms. The molecular formula is C15H23FN2OS. The number of rotatable bonds is 8. The molecule has 0 saturated heterocycles. The van der Waals surface area contributed by atoms with Crippen LogP contribution in [0.2, 0.25) is 0 Å². The minimum atomic E-state index is -0.226. The van der Waals surface area contributed by atoms with Crippen LogP contribution in [0.15, 0.2) is 18.2 Å².